The van der Waals surface area contributed by atoms with Crippen LogP contribution in [-0.2, 0) is 11.3 Å². The van der Waals surface area contributed by atoms with Crippen LogP contribution in [0.25, 0.3) is 11.1 Å². The van der Waals surface area contributed by atoms with Crippen molar-refractivity contribution < 1.29 is 20.1 Å². The van der Waals surface area contributed by atoms with Gasteiger partial charge in [-0.25, -0.2) is 0 Å². The summed E-state index contributed by atoms with van der Waals surface area (Å²) in [6.45, 7) is 1.82. The molecule has 4 atom stereocenters. The number of hydrogen-bond donors (Lipinski definition) is 4. The maximum atomic E-state index is 11.3. The summed E-state index contributed by atoms with van der Waals surface area (Å²) < 4.78 is 0. The van der Waals surface area contributed by atoms with E-state index in [1.165, 1.54) is 6.92 Å². The van der Waals surface area contributed by atoms with Gasteiger partial charge in [-0.2, -0.15) is 0 Å². The van der Waals surface area contributed by atoms with Crippen LogP contribution in [0.2, 0.25) is 0 Å². The third kappa shape index (κ3) is 4.36. The van der Waals surface area contributed by atoms with Gasteiger partial charge in [-0.3, -0.25) is 9.69 Å². The van der Waals surface area contributed by atoms with Gasteiger partial charge in [0, 0.05) is 20.0 Å². The first-order valence-corrected chi connectivity index (χ1v) is 9.13. The highest BCUT2D eigenvalue weighted by molar-refractivity contribution is 5.72. The third-order valence-electron chi connectivity index (χ3n) is 5.16. The first-order chi connectivity index (χ1) is 13.0. The lowest BCUT2D eigenvalue weighted by atomic mass is 10.0. The van der Waals surface area contributed by atoms with Crippen LogP contribution in [0, 0.1) is 0 Å². The first kappa shape index (κ1) is 19.5. The summed E-state index contributed by atoms with van der Waals surface area (Å²) in [6, 6.07) is 17.1. The van der Waals surface area contributed by atoms with Gasteiger partial charge in [0.05, 0.1) is 30.9 Å². The number of hydrogen-bond acceptors (Lipinski definition) is 5. The fourth-order valence-electron chi connectivity index (χ4n) is 3.67. The number of rotatable bonds is 6. The molecule has 1 aliphatic rings. The molecular formula is C21H26N2O4. The predicted molar refractivity (Wildman–Crippen MR) is 103 cm³/mol. The van der Waals surface area contributed by atoms with Gasteiger partial charge < -0.3 is 20.6 Å². The lowest BCUT2D eigenvalue weighted by Crippen LogP contribution is -2.46. The van der Waals surface area contributed by atoms with Crippen molar-refractivity contribution in [2.24, 2.45) is 0 Å². The number of nitrogens with one attached hydrogen (secondary N) is 1. The number of likely N-dealkylation sites (tertiary alicyclic amines) is 1. The van der Waals surface area contributed by atoms with Crippen molar-refractivity contribution in [2.75, 3.05) is 13.2 Å². The van der Waals surface area contributed by atoms with Crippen molar-refractivity contribution in [1.29, 1.82) is 0 Å². The Bertz CT molecular complexity index is 751. The van der Waals surface area contributed by atoms with Gasteiger partial charge in [0.25, 0.3) is 0 Å². The molecule has 1 amide bonds. The summed E-state index contributed by atoms with van der Waals surface area (Å²) in [7, 11) is 0. The van der Waals surface area contributed by atoms with E-state index in [0.717, 1.165) is 16.7 Å². The van der Waals surface area contributed by atoms with E-state index in [0.29, 0.717) is 6.54 Å². The average Bonchev–Trinajstić information content (AvgIpc) is 2.91. The largest absolute Gasteiger partial charge is 0.395 e. The van der Waals surface area contributed by atoms with Crippen LogP contribution in [0.5, 0.6) is 0 Å². The number of amides is 1. The molecule has 1 fully saturated rings. The van der Waals surface area contributed by atoms with E-state index in [1.54, 1.807) is 0 Å². The molecule has 6 nitrogen and oxygen atoms in total. The molecule has 144 valence electrons. The molecule has 1 saturated heterocycles. The summed E-state index contributed by atoms with van der Waals surface area (Å²) in [4.78, 5) is 13.1. The molecule has 0 bridgehead atoms. The third-order valence-corrected chi connectivity index (χ3v) is 5.16. The molecule has 0 aromatic heterocycles. The summed E-state index contributed by atoms with van der Waals surface area (Å²) in [5, 5.41) is 33.0. The molecule has 1 aliphatic heterocycles. The van der Waals surface area contributed by atoms with Crippen molar-refractivity contribution in [3.05, 3.63) is 60.2 Å². The zero-order valence-corrected chi connectivity index (χ0v) is 15.3. The highest BCUT2D eigenvalue weighted by Gasteiger charge is 2.46. The molecule has 1 heterocycles. The Labute approximate surface area is 159 Å². The zero-order valence-electron chi connectivity index (χ0n) is 15.3. The average molecular weight is 370 g/mol. The van der Waals surface area contributed by atoms with E-state index < -0.39 is 24.3 Å². The van der Waals surface area contributed by atoms with E-state index in [2.05, 4.69) is 5.32 Å². The zero-order chi connectivity index (χ0) is 19.4. The molecule has 6 heteroatoms. The Balaban J connectivity index is 1.77. The summed E-state index contributed by atoms with van der Waals surface area (Å²) in [5.41, 5.74) is 3.24. The number of nitrogens with zero attached hydrogens (tertiary/aromatic N) is 1. The molecule has 4 N–H and O–H groups in total. The molecule has 4 unspecified atom stereocenters. The fraction of sp³-hybridized carbons (Fsp3) is 0.381. The maximum absolute atomic E-state index is 11.3. The van der Waals surface area contributed by atoms with Gasteiger partial charge in [0.15, 0.2) is 0 Å². The van der Waals surface area contributed by atoms with Gasteiger partial charge in [-0.15, -0.1) is 0 Å². The molecule has 2 aromatic rings. The Morgan fingerprint density at radius 3 is 2.15 bits per heavy atom. The van der Waals surface area contributed by atoms with Gasteiger partial charge in [-0.1, -0.05) is 54.6 Å². The summed E-state index contributed by atoms with van der Waals surface area (Å²) in [6.07, 6.45) is -2.09. The minimum atomic E-state index is -1.06. The molecule has 0 saturated carbocycles. The molecule has 0 radical (unpaired) electrons. The molecular weight excluding hydrogens is 344 g/mol. The SMILES string of the molecule is CC(=O)NCC1C(O)C(O)C(CO)N1Cc1ccc(-c2ccccc2)cc1. The monoisotopic (exact) mass is 370 g/mol. The molecule has 3 rings (SSSR count). The lowest BCUT2D eigenvalue weighted by Gasteiger charge is -2.29. The number of carbonyl (C=O) groups is 1. The number of aliphatic hydroxyl groups is 3. The quantitative estimate of drug-likeness (QED) is 0.602. The van der Waals surface area contributed by atoms with Gasteiger partial charge in [0.1, 0.15) is 0 Å². The first-order valence-electron chi connectivity index (χ1n) is 9.13. The second-order valence-corrected chi connectivity index (χ2v) is 6.97. The fourth-order valence-corrected chi connectivity index (χ4v) is 3.67. The molecule has 0 spiro atoms. The van der Waals surface area contributed by atoms with Crippen LogP contribution in [0.4, 0.5) is 0 Å². The Hall–Kier alpha value is -2.25. The minimum absolute atomic E-state index is 0.198. The molecule has 0 aliphatic carbocycles. The smallest absolute Gasteiger partial charge is 0.216 e. The van der Waals surface area contributed by atoms with Gasteiger partial charge in [0.2, 0.25) is 5.91 Å². The van der Waals surface area contributed by atoms with E-state index >= 15 is 0 Å². The number of carbonyl (C=O) groups excluding carboxylic acids is 1. The Kier molecular flexibility index (Phi) is 6.23. The van der Waals surface area contributed by atoms with Crippen LogP contribution in [-0.4, -0.2) is 63.6 Å². The minimum Gasteiger partial charge on any atom is -0.395 e. The van der Waals surface area contributed by atoms with Crippen LogP contribution >= 0.6 is 0 Å². The lowest BCUT2D eigenvalue weighted by molar-refractivity contribution is -0.119. The second-order valence-electron chi connectivity index (χ2n) is 6.97. The van der Waals surface area contributed by atoms with Gasteiger partial charge in [-0.05, 0) is 16.7 Å². The van der Waals surface area contributed by atoms with E-state index in [9.17, 15) is 20.1 Å². The Morgan fingerprint density at radius 1 is 0.963 bits per heavy atom. The van der Waals surface area contributed by atoms with Crippen molar-refractivity contribution in [2.45, 2.75) is 37.8 Å². The number of aliphatic hydroxyl groups excluding tert-OH is 3. The van der Waals surface area contributed by atoms with Crippen molar-refractivity contribution in [1.82, 2.24) is 10.2 Å². The highest BCUT2D eigenvalue weighted by Crippen LogP contribution is 2.28. The maximum Gasteiger partial charge on any atom is 0.216 e. The summed E-state index contributed by atoms with van der Waals surface area (Å²) in [5.74, 6) is -0.198. The van der Waals surface area contributed by atoms with Crippen molar-refractivity contribution >= 4 is 5.91 Å². The topological polar surface area (TPSA) is 93.0 Å². The molecule has 2 aromatic carbocycles. The Morgan fingerprint density at radius 2 is 1.56 bits per heavy atom. The van der Waals surface area contributed by atoms with Crippen molar-refractivity contribution in [3.8, 4) is 11.1 Å². The van der Waals surface area contributed by atoms with E-state index in [1.807, 2.05) is 59.5 Å². The normalized spacial score (nSPS) is 25.5. The summed E-state index contributed by atoms with van der Waals surface area (Å²) >= 11 is 0. The van der Waals surface area contributed by atoms with E-state index in [-0.39, 0.29) is 19.1 Å². The predicted octanol–water partition coefficient (Wildman–Crippen LogP) is 0.757. The standard InChI is InChI=1S/C21H26N2O4/c1-14(25)22-11-18-20(26)21(27)19(13-24)23(18)12-15-7-9-17(10-8-15)16-5-3-2-4-6-16/h2-10,18-21,24,26-27H,11-13H2,1H3,(H,22,25). The second kappa shape index (κ2) is 8.63. The van der Waals surface area contributed by atoms with Crippen LogP contribution in [0.3, 0.4) is 0 Å². The number of benzene rings is 2. The van der Waals surface area contributed by atoms with Crippen LogP contribution in [0.1, 0.15) is 12.5 Å². The van der Waals surface area contributed by atoms with Crippen molar-refractivity contribution in [3.63, 3.8) is 0 Å². The molecule has 27 heavy (non-hydrogen) atoms. The highest BCUT2D eigenvalue weighted by atomic mass is 16.3. The van der Waals surface area contributed by atoms with Crippen LogP contribution in [0.15, 0.2) is 54.6 Å². The van der Waals surface area contributed by atoms with E-state index in [4.69, 9.17) is 0 Å². The van der Waals surface area contributed by atoms with Crippen LogP contribution < -0.4 is 5.32 Å². The van der Waals surface area contributed by atoms with Gasteiger partial charge >= 0.3 is 0 Å².